The lowest BCUT2D eigenvalue weighted by atomic mass is 10.0. The molecule has 9 heteroatoms. The van der Waals surface area contributed by atoms with Crippen LogP contribution in [0.25, 0.3) is 0 Å². The fourth-order valence-electron chi connectivity index (χ4n) is 2.72. The maximum Gasteiger partial charge on any atom is 0.338 e. The number of rotatable bonds is 6. The lowest BCUT2D eigenvalue weighted by Crippen LogP contribution is -2.35. The average molecular weight is 416 g/mol. The molecule has 0 aliphatic carbocycles. The minimum atomic E-state index is -4.20. The molecule has 8 nitrogen and oxygen atoms in total. The van der Waals surface area contributed by atoms with Crippen LogP contribution >= 0.6 is 0 Å². The Bertz CT molecular complexity index is 1060. The molecule has 0 aromatic heterocycles. The molecule has 1 N–H and O–H groups in total. The number of sulfonamides is 1. The van der Waals surface area contributed by atoms with E-state index < -0.39 is 28.0 Å². The van der Waals surface area contributed by atoms with Gasteiger partial charge in [-0.05, 0) is 37.6 Å². The molecule has 1 unspecified atom stereocenters. The zero-order chi connectivity index (χ0) is 21.0. The molecule has 1 aliphatic rings. The first-order chi connectivity index (χ1) is 13.8. The van der Waals surface area contributed by atoms with Crippen LogP contribution in [0.2, 0.25) is 0 Å². The fourth-order valence-corrected chi connectivity index (χ4v) is 3.74. The van der Waals surface area contributed by atoms with Crippen LogP contribution in [-0.2, 0) is 24.4 Å². The molecule has 0 fully saturated rings. The van der Waals surface area contributed by atoms with Gasteiger partial charge >= 0.3 is 5.97 Å². The van der Waals surface area contributed by atoms with E-state index in [2.05, 4.69) is 5.16 Å². The molecule has 2 aromatic carbocycles. The lowest BCUT2D eigenvalue weighted by molar-refractivity contribution is -0.113. The number of carbonyl (C=O) groups is 2. The van der Waals surface area contributed by atoms with E-state index in [9.17, 15) is 18.0 Å². The van der Waals surface area contributed by atoms with Crippen LogP contribution in [0.5, 0.6) is 0 Å². The predicted molar refractivity (Wildman–Crippen MR) is 105 cm³/mol. The first kappa shape index (κ1) is 20.5. The van der Waals surface area contributed by atoms with Gasteiger partial charge in [0.2, 0.25) is 0 Å². The normalized spacial score (nSPS) is 15.9. The average Bonchev–Trinajstić information content (AvgIpc) is 3.19. The Hall–Kier alpha value is -3.20. The number of aryl methyl sites for hydroxylation is 1. The molecule has 0 bridgehead atoms. The van der Waals surface area contributed by atoms with Crippen LogP contribution in [-0.4, -0.2) is 32.6 Å². The molecule has 0 spiro atoms. The highest BCUT2D eigenvalue weighted by Gasteiger charge is 2.30. The molecular weight excluding hydrogens is 396 g/mol. The van der Waals surface area contributed by atoms with Crippen LogP contribution in [0.3, 0.4) is 0 Å². The highest BCUT2D eigenvalue weighted by molar-refractivity contribution is 7.90. The first-order valence-corrected chi connectivity index (χ1v) is 10.4. The van der Waals surface area contributed by atoms with Crippen molar-refractivity contribution in [2.75, 3.05) is 6.61 Å². The number of oxime groups is 1. The van der Waals surface area contributed by atoms with Crippen LogP contribution in [0.15, 0.2) is 58.6 Å². The minimum absolute atomic E-state index is 0.0271. The third-order valence-electron chi connectivity index (χ3n) is 4.26. The van der Waals surface area contributed by atoms with Gasteiger partial charge < -0.3 is 9.57 Å². The van der Waals surface area contributed by atoms with E-state index in [0.717, 1.165) is 17.2 Å². The van der Waals surface area contributed by atoms with E-state index in [-0.39, 0.29) is 29.2 Å². The van der Waals surface area contributed by atoms with Crippen molar-refractivity contribution in [1.82, 2.24) is 4.72 Å². The third kappa shape index (κ3) is 4.80. The van der Waals surface area contributed by atoms with Crippen molar-refractivity contribution in [3.63, 3.8) is 0 Å². The van der Waals surface area contributed by atoms with Gasteiger partial charge in [-0.25, -0.2) is 17.9 Å². The standard InChI is InChI=1S/C20H20N2O6S/c1-3-27-20(24)15-5-4-6-16(11-15)29(25,26)22-19(23)17-12-18(28-21-17)14-9-7-13(2)8-10-14/h4-11,18H,3,12H2,1-2H3,(H,22,23). The van der Waals surface area contributed by atoms with Crippen molar-refractivity contribution in [3.05, 3.63) is 65.2 Å². The summed E-state index contributed by atoms with van der Waals surface area (Å²) in [5.74, 6) is -1.52. The number of carbonyl (C=O) groups excluding carboxylic acids is 2. The molecule has 3 rings (SSSR count). The van der Waals surface area contributed by atoms with Crippen molar-refractivity contribution in [2.24, 2.45) is 5.16 Å². The Kier molecular flexibility index (Phi) is 5.97. The van der Waals surface area contributed by atoms with Gasteiger partial charge in [-0.15, -0.1) is 0 Å². The van der Waals surface area contributed by atoms with Gasteiger partial charge in [0, 0.05) is 6.42 Å². The number of hydrogen-bond acceptors (Lipinski definition) is 7. The summed E-state index contributed by atoms with van der Waals surface area (Å²) in [6.45, 7) is 3.76. The van der Waals surface area contributed by atoms with E-state index in [1.807, 2.05) is 35.9 Å². The summed E-state index contributed by atoms with van der Waals surface area (Å²) in [6.07, 6.45) is -0.306. The molecule has 1 heterocycles. The summed E-state index contributed by atoms with van der Waals surface area (Å²) in [5, 5.41) is 3.73. The van der Waals surface area contributed by atoms with Crippen molar-refractivity contribution in [1.29, 1.82) is 0 Å². The maximum absolute atomic E-state index is 12.5. The highest BCUT2D eigenvalue weighted by Crippen LogP contribution is 2.27. The van der Waals surface area contributed by atoms with Gasteiger partial charge in [-0.2, -0.15) is 0 Å². The second-order valence-corrected chi connectivity index (χ2v) is 8.11. The number of nitrogens with zero attached hydrogens (tertiary/aromatic N) is 1. The van der Waals surface area contributed by atoms with Crippen molar-refractivity contribution in [2.45, 2.75) is 31.3 Å². The van der Waals surface area contributed by atoms with Crippen molar-refractivity contribution >= 4 is 27.6 Å². The van der Waals surface area contributed by atoms with Crippen molar-refractivity contribution in [3.8, 4) is 0 Å². The third-order valence-corrected chi connectivity index (χ3v) is 5.59. The lowest BCUT2D eigenvalue weighted by Gasteiger charge is -2.09. The van der Waals surface area contributed by atoms with E-state index in [1.54, 1.807) is 6.92 Å². The Balaban J connectivity index is 1.69. The molecule has 152 valence electrons. The Morgan fingerprint density at radius 3 is 2.62 bits per heavy atom. The van der Waals surface area contributed by atoms with E-state index in [1.165, 1.54) is 18.2 Å². The molecule has 1 atom stereocenters. The van der Waals surface area contributed by atoms with Crippen LogP contribution < -0.4 is 4.72 Å². The molecular formula is C20H20N2O6S. The number of amides is 1. The van der Waals surface area contributed by atoms with Gasteiger partial charge in [0.25, 0.3) is 15.9 Å². The summed E-state index contributed by atoms with van der Waals surface area (Å²) in [7, 11) is -4.20. The maximum atomic E-state index is 12.5. The van der Waals surface area contributed by atoms with Crippen LogP contribution in [0.4, 0.5) is 0 Å². The first-order valence-electron chi connectivity index (χ1n) is 8.93. The topological polar surface area (TPSA) is 111 Å². The highest BCUT2D eigenvalue weighted by atomic mass is 32.2. The van der Waals surface area contributed by atoms with Gasteiger partial charge in [-0.1, -0.05) is 41.1 Å². The smallest absolute Gasteiger partial charge is 0.338 e. The second kappa shape index (κ2) is 8.44. The molecule has 1 aliphatic heterocycles. The van der Waals surface area contributed by atoms with Gasteiger partial charge in [0.15, 0.2) is 6.10 Å². The number of esters is 1. The fraction of sp³-hybridized carbons (Fsp3) is 0.250. The molecule has 2 aromatic rings. The van der Waals surface area contributed by atoms with E-state index >= 15 is 0 Å². The zero-order valence-corrected chi connectivity index (χ0v) is 16.7. The Labute approximate surface area is 168 Å². The molecule has 0 saturated heterocycles. The Morgan fingerprint density at radius 2 is 1.93 bits per heavy atom. The summed E-state index contributed by atoms with van der Waals surface area (Å²) < 4.78 is 31.9. The van der Waals surface area contributed by atoms with Gasteiger partial charge in [-0.3, -0.25) is 4.79 Å². The largest absolute Gasteiger partial charge is 0.462 e. The number of benzene rings is 2. The predicted octanol–water partition coefficient (Wildman–Crippen LogP) is 2.49. The zero-order valence-electron chi connectivity index (χ0n) is 15.9. The molecule has 1 amide bonds. The van der Waals surface area contributed by atoms with E-state index in [4.69, 9.17) is 9.57 Å². The quantitative estimate of drug-likeness (QED) is 0.725. The van der Waals surface area contributed by atoms with Gasteiger partial charge in [0.05, 0.1) is 17.1 Å². The summed E-state index contributed by atoms with van der Waals surface area (Å²) in [6, 6.07) is 12.8. The van der Waals surface area contributed by atoms with E-state index in [0.29, 0.717) is 0 Å². The second-order valence-electron chi connectivity index (χ2n) is 6.43. The number of nitrogens with one attached hydrogen (secondary N) is 1. The summed E-state index contributed by atoms with van der Waals surface area (Å²) >= 11 is 0. The molecule has 0 saturated carbocycles. The molecule has 0 radical (unpaired) electrons. The summed E-state index contributed by atoms with van der Waals surface area (Å²) in [5.41, 5.74) is 1.97. The van der Waals surface area contributed by atoms with Gasteiger partial charge in [0.1, 0.15) is 5.71 Å². The number of ether oxygens (including phenoxy) is 1. The van der Waals surface area contributed by atoms with Crippen molar-refractivity contribution < 1.29 is 27.6 Å². The monoisotopic (exact) mass is 416 g/mol. The number of hydrogen-bond donors (Lipinski definition) is 1. The van der Waals surface area contributed by atoms with Crippen LogP contribution in [0, 0.1) is 6.92 Å². The minimum Gasteiger partial charge on any atom is -0.462 e. The van der Waals surface area contributed by atoms with Crippen LogP contribution in [0.1, 0.15) is 40.9 Å². The molecule has 29 heavy (non-hydrogen) atoms. The SMILES string of the molecule is CCOC(=O)c1cccc(S(=O)(=O)NC(=O)C2=NOC(c3ccc(C)cc3)C2)c1. The Morgan fingerprint density at radius 1 is 1.21 bits per heavy atom. The summed E-state index contributed by atoms with van der Waals surface area (Å²) in [4.78, 5) is 29.3.